The van der Waals surface area contributed by atoms with Gasteiger partial charge in [-0.05, 0) is 24.1 Å². The van der Waals surface area contributed by atoms with Crippen LogP contribution in [0.5, 0.6) is 0 Å². The maximum absolute atomic E-state index is 12.7. The van der Waals surface area contributed by atoms with Crippen LogP contribution >= 0.6 is 0 Å². The second-order valence-electron chi connectivity index (χ2n) is 7.67. The highest BCUT2D eigenvalue weighted by atomic mass is 16.5. The Labute approximate surface area is 190 Å². The van der Waals surface area contributed by atoms with Crippen molar-refractivity contribution in [2.45, 2.75) is 33.2 Å². The number of ether oxygens (including phenoxy) is 1. The molecule has 1 N–H and O–H groups in total. The van der Waals surface area contributed by atoms with Crippen LogP contribution in [0.25, 0.3) is 11.3 Å². The first kappa shape index (κ1) is 23.4. The number of hydrogen-bond donors (Lipinski definition) is 1. The zero-order valence-electron chi connectivity index (χ0n) is 17.8. The second-order valence-corrected chi connectivity index (χ2v) is 7.67. The van der Waals surface area contributed by atoms with Crippen molar-refractivity contribution in [3.05, 3.63) is 78.1 Å². The average Bonchev–Trinajstić information content (AvgIpc) is 2.85. The number of rotatable bonds is 7. The topological polar surface area (TPSA) is 67.4 Å². The molecule has 1 atom stereocenters. The van der Waals surface area contributed by atoms with E-state index in [1.54, 1.807) is 12.4 Å². The van der Waals surface area contributed by atoms with E-state index in [2.05, 4.69) is 41.5 Å². The molecule has 0 radical (unpaired) electrons. The van der Waals surface area contributed by atoms with Gasteiger partial charge in [0.05, 0.1) is 37.3 Å². The fourth-order valence-electron chi connectivity index (χ4n) is 3.78. The van der Waals surface area contributed by atoms with Crippen LogP contribution in [0.1, 0.15) is 49.2 Å². The number of carbonyl (C=O) groups is 1. The minimum Gasteiger partial charge on any atom is -0.378 e. The molecule has 0 bridgehead atoms. The molecule has 32 heavy (non-hydrogen) atoms. The lowest BCUT2D eigenvalue weighted by Crippen LogP contribution is -2.40. The summed E-state index contributed by atoms with van der Waals surface area (Å²) in [5, 5.41) is 3.53. The standard InChI is InChI=1S/C25H28N4O2.CH4/c1-2-6-22(19-7-4-3-5-8-19)27-24-18-26-17-23(28-24)20-9-11-21(12-10-20)25(30)29-13-15-31-16-14-29;/h3-5,7-12,17-18,22H,2,6,13-16H2,1H3,(H,27,28);1H4. The quantitative estimate of drug-likeness (QED) is 0.555. The summed E-state index contributed by atoms with van der Waals surface area (Å²) < 4.78 is 5.33. The molecular weight excluding hydrogens is 400 g/mol. The lowest BCUT2D eigenvalue weighted by molar-refractivity contribution is 0.0303. The van der Waals surface area contributed by atoms with Crippen molar-refractivity contribution in [2.75, 3.05) is 31.6 Å². The van der Waals surface area contributed by atoms with Gasteiger partial charge in [-0.2, -0.15) is 0 Å². The van der Waals surface area contributed by atoms with Crippen LogP contribution in [-0.4, -0.2) is 47.1 Å². The predicted molar refractivity (Wildman–Crippen MR) is 129 cm³/mol. The van der Waals surface area contributed by atoms with Crippen LogP contribution in [0.3, 0.4) is 0 Å². The van der Waals surface area contributed by atoms with E-state index < -0.39 is 0 Å². The highest BCUT2D eigenvalue weighted by Crippen LogP contribution is 2.25. The summed E-state index contributed by atoms with van der Waals surface area (Å²) in [6, 6.07) is 18.2. The summed E-state index contributed by atoms with van der Waals surface area (Å²) in [7, 11) is 0. The third-order valence-electron chi connectivity index (χ3n) is 5.46. The van der Waals surface area contributed by atoms with Gasteiger partial charge >= 0.3 is 0 Å². The number of benzene rings is 2. The van der Waals surface area contributed by atoms with E-state index in [0.29, 0.717) is 31.9 Å². The third-order valence-corrected chi connectivity index (χ3v) is 5.46. The van der Waals surface area contributed by atoms with Crippen LogP contribution in [0.2, 0.25) is 0 Å². The van der Waals surface area contributed by atoms with Crippen molar-refractivity contribution >= 4 is 11.7 Å². The molecule has 1 aromatic heterocycles. The molecule has 1 aliphatic rings. The molecule has 6 heteroatoms. The molecule has 1 saturated heterocycles. The smallest absolute Gasteiger partial charge is 0.254 e. The van der Waals surface area contributed by atoms with E-state index >= 15 is 0 Å². The molecule has 1 amide bonds. The van der Waals surface area contributed by atoms with Gasteiger partial charge in [0, 0.05) is 24.2 Å². The van der Waals surface area contributed by atoms with Gasteiger partial charge in [-0.3, -0.25) is 9.78 Å². The summed E-state index contributed by atoms with van der Waals surface area (Å²) in [5.74, 6) is 0.787. The third kappa shape index (κ3) is 5.71. The molecule has 0 saturated carbocycles. The van der Waals surface area contributed by atoms with E-state index in [4.69, 9.17) is 9.72 Å². The Kier molecular flexibility index (Phi) is 8.34. The molecule has 2 heterocycles. The van der Waals surface area contributed by atoms with Crippen molar-refractivity contribution in [3.63, 3.8) is 0 Å². The molecular formula is C26H32N4O2. The summed E-state index contributed by atoms with van der Waals surface area (Å²) in [4.78, 5) is 23.6. The maximum Gasteiger partial charge on any atom is 0.254 e. The van der Waals surface area contributed by atoms with Crippen molar-refractivity contribution in [1.29, 1.82) is 0 Å². The fourth-order valence-corrected chi connectivity index (χ4v) is 3.78. The number of aromatic nitrogens is 2. The molecule has 3 aromatic rings. The summed E-state index contributed by atoms with van der Waals surface area (Å²) in [6.07, 6.45) is 5.58. The van der Waals surface area contributed by atoms with Gasteiger partial charge in [-0.25, -0.2) is 4.98 Å². The zero-order chi connectivity index (χ0) is 21.5. The number of hydrogen-bond acceptors (Lipinski definition) is 5. The van der Waals surface area contributed by atoms with Crippen molar-refractivity contribution < 1.29 is 9.53 Å². The van der Waals surface area contributed by atoms with E-state index in [1.165, 1.54) is 5.56 Å². The van der Waals surface area contributed by atoms with Crippen LogP contribution in [0.4, 0.5) is 5.82 Å². The van der Waals surface area contributed by atoms with Gasteiger partial charge < -0.3 is 15.0 Å². The van der Waals surface area contributed by atoms with Crippen molar-refractivity contribution in [3.8, 4) is 11.3 Å². The van der Waals surface area contributed by atoms with Gasteiger partial charge in [-0.15, -0.1) is 0 Å². The molecule has 0 aliphatic carbocycles. The Bertz CT molecular complexity index is 986. The molecule has 2 aromatic carbocycles. The van der Waals surface area contributed by atoms with E-state index in [9.17, 15) is 4.79 Å². The molecule has 6 nitrogen and oxygen atoms in total. The highest BCUT2D eigenvalue weighted by Gasteiger charge is 2.18. The molecule has 0 spiro atoms. The average molecular weight is 433 g/mol. The summed E-state index contributed by atoms with van der Waals surface area (Å²) in [5.41, 5.74) is 3.63. The van der Waals surface area contributed by atoms with Gasteiger partial charge in [0.2, 0.25) is 0 Å². The van der Waals surface area contributed by atoms with Crippen LogP contribution in [-0.2, 0) is 4.74 Å². The largest absolute Gasteiger partial charge is 0.378 e. The zero-order valence-corrected chi connectivity index (χ0v) is 17.8. The van der Waals surface area contributed by atoms with Gasteiger partial charge in [0.15, 0.2) is 0 Å². The van der Waals surface area contributed by atoms with Gasteiger partial charge in [0.25, 0.3) is 5.91 Å². The number of nitrogens with zero attached hydrogens (tertiary/aromatic N) is 3. The Morgan fingerprint density at radius 3 is 2.47 bits per heavy atom. The molecule has 1 unspecified atom stereocenters. The Morgan fingerprint density at radius 2 is 1.78 bits per heavy atom. The monoisotopic (exact) mass is 432 g/mol. The number of nitrogens with one attached hydrogen (secondary N) is 1. The minimum atomic E-state index is 0. The fraction of sp³-hybridized carbons (Fsp3) is 0.346. The van der Waals surface area contributed by atoms with Gasteiger partial charge in [-0.1, -0.05) is 63.2 Å². The molecule has 1 aliphatic heterocycles. The normalized spacial score (nSPS) is 14.3. The lowest BCUT2D eigenvalue weighted by atomic mass is 10.0. The van der Waals surface area contributed by atoms with Crippen LogP contribution in [0, 0.1) is 0 Å². The SMILES string of the molecule is C.CCCC(Nc1cncc(-c2ccc(C(=O)N3CCOCC3)cc2)n1)c1ccccc1. The minimum absolute atomic E-state index is 0. The molecule has 1 fully saturated rings. The van der Waals surface area contributed by atoms with E-state index in [-0.39, 0.29) is 19.4 Å². The lowest BCUT2D eigenvalue weighted by Gasteiger charge is -2.26. The Morgan fingerprint density at radius 1 is 1.06 bits per heavy atom. The Balaban J connectivity index is 0.00000289. The number of amides is 1. The highest BCUT2D eigenvalue weighted by molar-refractivity contribution is 5.94. The first-order valence-electron chi connectivity index (χ1n) is 10.9. The van der Waals surface area contributed by atoms with Crippen molar-refractivity contribution in [1.82, 2.24) is 14.9 Å². The van der Waals surface area contributed by atoms with E-state index in [1.807, 2.05) is 35.2 Å². The number of carbonyl (C=O) groups excluding carboxylic acids is 1. The number of anilines is 1. The maximum atomic E-state index is 12.7. The Hall–Kier alpha value is -3.25. The summed E-state index contributed by atoms with van der Waals surface area (Å²) >= 11 is 0. The summed E-state index contributed by atoms with van der Waals surface area (Å²) in [6.45, 7) is 4.65. The second kappa shape index (κ2) is 11.4. The predicted octanol–water partition coefficient (Wildman–Crippen LogP) is 5.21. The van der Waals surface area contributed by atoms with Crippen molar-refractivity contribution in [2.24, 2.45) is 0 Å². The first-order chi connectivity index (χ1) is 15.2. The van der Waals surface area contributed by atoms with Crippen LogP contribution in [0.15, 0.2) is 67.0 Å². The van der Waals surface area contributed by atoms with Gasteiger partial charge in [0.1, 0.15) is 5.82 Å². The molecule has 168 valence electrons. The molecule has 4 rings (SSSR count). The van der Waals surface area contributed by atoms with Crippen LogP contribution < -0.4 is 5.32 Å². The van der Waals surface area contributed by atoms with E-state index in [0.717, 1.165) is 29.9 Å². The first-order valence-corrected chi connectivity index (χ1v) is 10.9. The number of morpholine rings is 1.